The molecule has 0 aliphatic rings. The van der Waals surface area contributed by atoms with Crippen molar-refractivity contribution in [2.45, 2.75) is 26.4 Å². The van der Waals surface area contributed by atoms with Crippen LogP contribution in [0.1, 0.15) is 29.8 Å². The minimum atomic E-state index is -0.197. The summed E-state index contributed by atoms with van der Waals surface area (Å²) in [6.45, 7) is 4.72. The molecule has 5 heteroatoms. The van der Waals surface area contributed by atoms with Gasteiger partial charge >= 0.3 is 0 Å². The monoisotopic (exact) mass is 375 g/mol. The number of benzene rings is 2. The molecular formula is C23H25N3O2. The molecule has 3 aromatic rings. The highest BCUT2D eigenvalue weighted by atomic mass is 16.5. The summed E-state index contributed by atoms with van der Waals surface area (Å²) in [6.07, 6.45) is 4.30. The minimum absolute atomic E-state index is 0.114. The number of nitrogens with zero attached hydrogens (tertiary/aromatic N) is 1. The molecule has 0 aliphatic carbocycles. The summed E-state index contributed by atoms with van der Waals surface area (Å²) < 4.78 is 5.61. The van der Waals surface area contributed by atoms with Gasteiger partial charge in [-0.05, 0) is 56.2 Å². The van der Waals surface area contributed by atoms with Crippen molar-refractivity contribution in [2.24, 2.45) is 0 Å². The molecule has 3 rings (SSSR count). The highest BCUT2D eigenvalue weighted by molar-refractivity contribution is 6.04. The molecule has 0 atom stereocenters. The van der Waals surface area contributed by atoms with Crippen LogP contribution in [0, 0.1) is 0 Å². The molecule has 5 nitrogen and oxygen atoms in total. The molecule has 0 saturated carbocycles. The average molecular weight is 375 g/mol. The van der Waals surface area contributed by atoms with Crippen LogP contribution in [0.3, 0.4) is 0 Å². The average Bonchev–Trinajstić information content (AvgIpc) is 2.70. The fraction of sp³-hybridized carbons (Fsp3) is 0.217. The molecule has 1 aromatic heterocycles. The molecule has 0 bridgehead atoms. The molecule has 0 unspecified atom stereocenters. The van der Waals surface area contributed by atoms with Crippen LogP contribution >= 0.6 is 0 Å². The Morgan fingerprint density at radius 3 is 2.46 bits per heavy atom. The summed E-state index contributed by atoms with van der Waals surface area (Å²) in [4.78, 5) is 16.7. The van der Waals surface area contributed by atoms with E-state index in [0.29, 0.717) is 11.3 Å². The lowest BCUT2D eigenvalue weighted by molar-refractivity contribution is 0.102. The summed E-state index contributed by atoms with van der Waals surface area (Å²) in [5.74, 6) is 0.580. The van der Waals surface area contributed by atoms with Crippen LogP contribution in [-0.2, 0) is 6.42 Å². The van der Waals surface area contributed by atoms with E-state index in [1.165, 1.54) is 5.56 Å². The summed E-state index contributed by atoms with van der Waals surface area (Å²) in [5, 5.41) is 6.20. The maximum atomic E-state index is 12.5. The maximum absolute atomic E-state index is 12.5. The Bertz CT molecular complexity index is 893. The molecule has 0 saturated heterocycles. The molecule has 28 heavy (non-hydrogen) atoms. The molecule has 0 fully saturated rings. The Kier molecular flexibility index (Phi) is 6.63. The normalized spacial score (nSPS) is 10.5. The number of nitrogens with one attached hydrogen (secondary N) is 2. The van der Waals surface area contributed by atoms with E-state index in [9.17, 15) is 4.79 Å². The van der Waals surface area contributed by atoms with Crippen LogP contribution in [0.2, 0.25) is 0 Å². The second kappa shape index (κ2) is 9.55. The fourth-order valence-electron chi connectivity index (χ4n) is 2.75. The third kappa shape index (κ3) is 5.84. The number of hydrogen-bond donors (Lipinski definition) is 2. The number of aromatic nitrogens is 1. The van der Waals surface area contributed by atoms with Crippen molar-refractivity contribution in [3.05, 3.63) is 84.2 Å². The van der Waals surface area contributed by atoms with Gasteiger partial charge in [-0.1, -0.05) is 30.3 Å². The van der Waals surface area contributed by atoms with Crippen LogP contribution in [-0.4, -0.2) is 23.5 Å². The summed E-state index contributed by atoms with van der Waals surface area (Å²) in [6, 6.07) is 19.4. The lowest BCUT2D eigenvalue weighted by Crippen LogP contribution is -2.13. The van der Waals surface area contributed by atoms with Gasteiger partial charge in [0.1, 0.15) is 5.75 Å². The zero-order valence-corrected chi connectivity index (χ0v) is 16.2. The number of anilines is 2. The maximum Gasteiger partial charge on any atom is 0.257 e. The molecule has 144 valence electrons. The van der Waals surface area contributed by atoms with Crippen molar-refractivity contribution < 1.29 is 9.53 Å². The van der Waals surface area contributed by atoms with E-state index >= 15 is 0 Å². The number of pyridine rings is 1. The van der Waals surface area contributed by atoms with Crippen molar-refractivity contribution in [3.63, 3.8) is 0 Å². The number of rotatable bonds is 8. The Labute approximate surface area is 165 Å². The van der Waals surface area contributed by atoms with Crippen molar-refractivity contribution in [1.29, 1.82) is 0 Å². The van der Waals surface area contributed by atoms with Crippen LogP contribution in [0.25, 0.3) is 0 Å². The first-order valence-corrected chi connectivity index (χ1v) is 9.41. The SMILES string of the molecule is CC(C)Oc1ccc(NC(=O)c2cncc(NCCc3ccccc3)c2)cc1. The second-order valence-electron chi connectivity index (χ2n) is 6.77. The van der Waals surface area contributed by atoms with Gasteiger partial charge in [0.15, 0.2) is 0 Å². The molecule has 2 N–H and O–H groups in total. The predicted octanol–water partition coefficient (Wildman–Crippen LogP) is 4.78. The smallest absolute Gasteiger partial charge is 0.257 e. The van der Waals surface area contributed by atoms with Crippen molar-refractivity contribution in [1.82, 2.24) is 4.98 Å². The highest BCUT2D eigenvalue weighted by Gasteiger charge is 2.08. The van der Waals surface area contributed by atoms with E-state index in [1.807, 2.05) is 62.4 Å². The molecular weight excluding hydrogens is 350 g/mol. The zero-order chi connectivity index (χ0) is 19.8. The van der Waals surface area contributed by atoms with Crippen LogP contribution in [0.15, 0.2) is 73.1 Å². The van der Waals surface area contributed by atoms with E-state index < -0.39 is 0 Å². The number of carbonyl (C=O) groups excluding carboxylic acids is 1. The Hall–Kier alpha value is -3.34. The summed E-state index contributed by atoms with van der Waals surface area (Å²) in [5.41, 5.74) is 3.31. The molecule has 1 amide bonds. The van der Waals surface area contributed by atoms with Gasteiger partial charge in [-0.15, -0.1) is 0 Å². The Morgan fingerprint density at radius 1 is 1.00 bits per heavy atom. The summed E-state index contributed by atoms with van der Waals surface area (Å²) in [7, 11) is 0. The van der Waals surface area contributed by atoms with Crippen molar-refractivity contribution in [3.8, 4) is 5.75 Å². The number of ether oxygens (including phenoxy) is 1. The fourth-order valence-corrected chi connectivity index (χ4v) is 2.75. The first-order valence-electron chi connectivity index (χ1n) is 9.41. The first kappa shape index (κ1) is 19.4. The molecule has 0 aliphatic heterocycles. The van der Waals surface area contributed by atoms with E-state index in [-0.39, 0.29) is 12.0 Å². The van der Waals surface area contributed by atoms with Gasteiger partial charge in [-0.25, -0.2) is 0 Å². The van der Waals surface area contributed by atoms with E-state index in [2.05, 4.69) is 27.8 Å². The quantitative estimate of drug-likeness (QED) is 0.595. The van der Waals surface area contributed by atoms with E-state index in [0.717, 1.165) is 24.4 Å². The molecule has 0 spiro atoms. The Balaban J connectivity index is 1.56. The zero-order valence-electron chi connectivity index (χ0n) is 16.2. The van der Waals surface area contributed by atoms with Crippen LogP contribution in [0.5, 0.6) is 5.75 Å². The van der Waals surface area contributed by atoms with Gasteiger partial charge in [0.05, 0.1) is 17.4 Å². The number of hydrogen-bond acceptors (Lipinski definition) is 4. The Morgan fingerprint density at radius 2 is 1.75 bits per heavy atom. The third-order valence-electron chi connectivity index (χ3n) is 4.07. The third-order valence-corrected chi connectivity index (χ3v) is 4.07. The van der Waals surface area contributed by atoms with E-state index in [4.69, 9.17) is 4.74 Å². The first-order chi connectivity index (χ1) is 13.6. The van der Waals surface area contributed by atoms with Crippen LogP contribution in [0.4, 0.5) is 11.4 Å². The van der Waals surface area contributed by atoms with Gasteiger partial charge in [-0.2, -0.15) is 0 Å². The van der Waals surface area contributed by atoms with Crippen molar-refractivity contribution >= 4 is 17.3 Å². The molecule has 2 aromatic carbocycles. The standard InChI is InChI=1S/C23H25N3O2/c1-17(2)28-22-10-8-20(9-11-22)26-23(27)19-14-21(16-24-15-19)25-13-12-18-6-4-3-5-7-18/h3-11,14-17,25H,12-13H2,1-2H3,(H,26,27). The summed E-state index contributed by atoms with van der Waals surface area (Å²) >= 11 is 0. The largest absolute Gasteiger partial charge is 0.491 e. The van der Waals surface area contributed by atoms with Gasteiger partial charge in [0.2, 0.25) is 0 Å². The minimum Gasteiger partial charge on any atom is -0.491 e. The predicted molar refractivity (Wildman–Crippen MR) is 113 cm³/mol. The van der Waals surface area contributed by atoms with Gasteiger partial charge in [-0.3, -0.25) is 9.78 Å². The van der Waals surface area contributed by atoms with Crippen molar-refractivity contribution in [2.75, 3.05) is 17.2 Å². The highest BCUT2D eigenvalue weighted by Crippen LogP contribution is 2.18. The lowest BCUT2D eigenvalue weighted by atomic mass is 10.1. The van der Waals surface area contributed by atoms with Gasteiger partial charge in [0.25, 0.3) is 5.91 Å². The van der Waals surface area contributed by atoms with Gasteiger partial charge < -0.3 is 15.4 Å². The second-order valence-corrected chi connectivity index (χ2v) is 6.77. The number of carbonyl (C=O) groups is 1. The molecule has 0 radical (unpaired) electrons. The molecule has 1 heterocycles. The lowest BCUT2D eigenvalue weighted by Gasteiger charge is -2.11. The van der Waals surface area contributed by atoms with Gasteiger partial charge in [0, 0.05) is 24.6 Å². The van der Waals surface area contributed by atoms with E-state index in [1.54, 1.807) is 12.4 Å². The topological polar surface area (TPSA) is 63.2 Å². The van der Waals surface area contributed by atoms with Crippen LogP contribution < -0.4 is 15.4 Å². The number of amides is 1.